The topological polar surface area (TPSA) is 76.1 Å². The molecule has 120 valence electrons. The van der Waals surface area contributed by atoms with E-state index in [2.05, 4.69) is 0 Å². The summed E-state index contributed by atoms with van der Waals surface area (Å²) in [5, 5.41) is 9.36. The molecule has 2 atom stereocenters. The Morgan fingerprint density at radius 3 is 2.91 bits per heavy atom. The lowest BCUT2D eigenvalue weighted by Gasteiger charge is -2.36. The highest BCUT2D eigenvalue weighted by Gasteiger charge is 2.32. The van der Waals surface area contributed by atoms with E-state index in [0.717, 1.165) is 0 Å². The molecule has 22 heavy (non-hydrogen) atoms. The van der Waals surface area contributed by atoms with Crippen molar-refractivity contribution < 1.29 is 24.2 Å². The number of carboxylic acid groups (broad SMARTS) is 1. The van der Waals surface area contributed by atoms with Crippen molar-refractivity contribution in [1.82, 2.24) is 4.90 Å². The largest absolute Gasteiger partial charge is 0.481 e. The molecule has 1 aliphatic rings. The van der Waals surface area contributed by atoms with Crippen molar-refractivity contribution in [3.05, 3.63) is 29.3 Å². The molecule has 0 radical (unpaired) electrons. The van der Waals surface area contributed by atoms with Gasteiger partial charge in [-0.25, -0.2) is 0 Å². The first kappa shape index (κ1) is 16.6. The second-order valence-corrected chi connectivity index (χ2v) is 5.46. The average molecular weight is 328 g/mol. The van der Waals surface area contributed by atoms with Crippen LogP contribution in [0, 0.1) is 0 Å². The highest BCUT2D eigenvalue weighted by Crippen LogP contribution is 2.25. The summed E-state index contributed by atoms with van der Waals surface area (Å²) >= 11 is 6.01. The molecule has 2 unspecified atom stereocenters. The monoisotopic (exact) mass is 327 g/mol. The van der Waals surface area contributed by atoms with Crippen LogP contribution in [0.3, 0.4) is 0 Å². The predicted octanol–water partition coefficient (Wildman–Crippen LogP) is 1.81. The molecule has 1 fully saturated rings. The molecule has 1 N–H and O–H groups in total. The molecular formula is C15H18ClNO5. The van der Waals surface area contributed by atoms with E-state index in [1.165, 1.54) is 4.90 Å². The van der Waals surface area contributed by atoms with Gasteiger partial charge in [0.05, 0.1) is 30.7 Å². The van der Waals surface area contributed by atoms with Crippen molar-refractivity contribution in [2.45, 2.75) is 25.5 Å². The molecule has 7 heteroatoms. The molecule has 0 saturated carbocycles. The van der Waals surface area contributed by atoms with E-state index >= 15 is 0 Å². The SMILES string of the molecule is CC(Oc1ccccc1Cl)C(=O)N1CCOCC1CC(=O)O. The van der Waals surface area contributed by atoms with Gasteiger partial charge < -0.3 is 19.5 Å². The zero-order valence-electron chi connectivity index (χ0n) is 12.2. The lowest BCUT2D eigenvalue weighted by Crippen LogP contribution is -2.53. The third kappa shape index (κ3) is 4.11. The first-order valence-corrected chi connectivity index (χ1v) is 7.38. The quantitative estimate of drug-likeness (QED) is 0.892. The Morgan fingerprint density at radius 2 is 2.23 bits per heavy atom. The fourth-order valence-corrected chi connectivity index (χ4v) is 2.51. The number of halogens is 1. The molecule has 1 saturated heterocycles. The first-order chi connectivity index (χ1) is 10.5. The number of hydrogen-bond acceptors (Lipinski definition) is 4. The summed E-state index contributed by atoms with van der Waals surface area (Å²) in [5.74, 6) is -0.810. The summed E-state index contributed by atoms with van der Waals surface area (Å²) in [6.07, 6.45) is -0.904. The summed E-state index contributed by atoms with van der Waals surface area (Å²) in [4.78, 5) is 24.9. The number of amides is 1. The average Bonchev–Trinajstić information content (AvgIpc) is 2.49. The highest BCUT2D eigenvalue weighted by atomic mass is 35.5. The Hall–Kier alpha value is -1.79. The number of nitrogens with zero attached hydrogens (tertiary/aromatic N) is 1. The van der Waals surface area contributed by atoms with Crippen LogP contribution in [0.15, 0.2) is 24.3 Å². The summed E-state index contributed by atoms with van der Waals surface area (Å²) in [5.41, 5.74) is 0. The first-order valence-electron chi connectivity index (χ1n) is 7.00. The van der Waals surface area contributed by atoms with Crippen molar-refractivity contribution in [1.29, 1.82) is 0 Å². The molecule has 1 aliphatic heterocycles. The number of para-hydroxylation sites is 1. The molecule has 1 heterocycles. The van der Waals surface area contributed by atoms with E-state index in [1.54, 1.807) is 31.2 Å². The molecule has 1 amide bonds. The van der Waals surface area contributed by atoms with Gasteiger partial charge in [-0.05, 0) is 19.1 Å². The van der Waals surface area contributed by atoms with Gasteiger partial charge in [-0.15, -0.1) is 0 Å². The smallest absolute Gasteiger partial charge is 0.305 e. The third-order valence-corrected chi connectivity index (χ3v) is 3.72. The maximum atomic E-state index is 12.5. The van der Waals surface area contributed by atoms with Gasteiger partial charge in [-0.1, -0.05) is 23.7 Å². The lowest BCUT2D eigenvalue weighted by molar-refractivity contribution is -0.150. The van der Waals surface area contributed by atoms with E-state index in [9.17, 15) is 9.59 Å². The van der Waals surface area contributed by atoms with Crippen LogP contribution in [0.1, 0.15) is 13.3 Å². The van der Waals surface area contributed by atoms with Crippen LogP contribution in [0.5, 0.6) is 5.75 Å². The summed E-state index contributed by atoms with van der Waals surface area (Å²) in [6.45, 7) is 2.59. The van der Waals surface area contributed by atoms with Crippen molar-refractivity contribution in [2.75, 3.05) is 19.8 Å². The highest BCUT2D eigenvalue weighted by molar-refractivity contribution is 6.32. The lowest BCUT2D eigenvalue weighted by atomic mass is 10.1. The van der Waals surface area contributed by atoms with E-state index in [1.807, 2.05) is 0 Å². The molecule has 1 aromatic carbocycles. The van der Waals surface area contributed by atoms with Gasteiger partial charge in [0.1, 0.15) is 5.75 Å². The van der Waals surface area contributed by atoms with Crippen molar-refractivity contribution >= 4 is 23.5 Å². The number of aliphatic carboxylic acids is 1. The molecule has 0 bridgehead atoms. The summed E-state index contributed by atoms with van der Waals surface area (Å²) < 4.78 is 10.9. The van der Waals surface area contributed by atoms with Crippen LogP contribution >= 0.6 is 11.6 Å². The molecule has 1 aromatic rings. The van der Waals surface area contributed by atoms with Crippen LogP contribution in [-0.2, 0) is 14.3 Å². The van der Waals surface area contributed by atoms with Gasteiger partial charge in [-0.2, -0.15) is 0 Å². The zero-order valence-corrected chi connectivity index (χ0v) is 13.0. The molecular weight excluding hydrogens is 310 g/mol. The number of carboxylic acids is 1. The normalized spacial score (nSPS) is 19.5. The maximum Gasteiger partial charge on any atom is 0.305 e. The van der Waals surface area contributed by atoms with Crippen molar-refractivity contribution in [2.24, 2.45) is 0 Å². The van der Waals surface area contributed by atoms with Crippen molar-refractivity contribution in [3.63, 3.8) is 0 Å². The minimum atomic E-state index is -0.965. The Bertz CT molecular complexity index is 550. The van der Waals surface area contributed by atoms with Gasteiger partial charge in [0, 0.05) is 6.54 Å². The van der Waals surface area contributed by atoms with Gasteiger partial charge in [0.2, 0.25) is 0 Å². The van der Waals surface area contributed by atoms with Crippen LogP contribution < -0.4 is 4.74 Å². The number of carbonyl (C=O) groups is 2. The minimum Gasteiger partial charge on any atom is -0.481 e. The van der Waals surface area contributed by atoms with Crippen LogP contribution in [-0.4, -0.2) is 53.8 Å². The second-order valence-electron chi connectivity index (χ2n) is 5.05. The standard InChI is InChI=1S/C15H18ClNO5/c1-10(22-13-5-3-2-4-12(13)16)15(20)17-6-7-21-9-11(17)8-14(18)19/h2-5,10-11H,6-9H2,1H3,(H,18,19). The molecule has 0 aromatic heterocycles. The Kier molecular flexibility index (Phi) is 5.63. The Morgan fingerprint density at radius 1 is 1.50 bits per heavy atom. The van der Waals surface area contributed by atoms with Crippen LogP contribution in [0.25, 0.3) is 0 Å². The fraction of sp³-hybridized carbons (Fsp3) is 0.467. The summed E-state index contributed by atoms with van der Waals surface area (Å²) in [7, 11) is 0. The molecule has 6 nitrogen and oxygen atoms in total. The van der Waals surface area contributed by atoms with E-state index in [-0.39, 0.29) is 18.9 Å². The number of rotatable bonds is 5. The predicted molar refractivity (Wildman–Crippen MR) is 80.1 cm³/mol. The number of carbonyl (C=O) groups excluding carboxylic acids is 1. The number of ether oxygens (including phenoxy) is 2. The third-order valence-electron chi connectivity index (χ3n) is 3.41. The van der Waals surface area contributed by atoms with Crippen LogP contribution in [0.2, 0.25) is 5.02 Å². The van der Waals surface area contributed by atoms with Gasteiger partial charge in [0.25, 0.3) is 5.91 Å². The number of hydrogen-bond donors (Lipinski definition) is 1. The van der Waals surface area contributed by atoms with Crippen LogP contribution in [0.4, 0.5) is 0 Å². The molecule has 2 rings (SSSR count). The second kappa shape index (κ2) is 7.47. The van der Waals surface area contributed by atoms with E-state index in [4.69, 9.17) is 26.2 Å². The fourth-order valence-electron chi connectivity index (χ4n) is 2.33. The maximum absolute atomic E-state index is 12.5. The Balaban J connectivity index is 2.04. The molecule has 0 spiro atoms. The van der Waals surface area contributed by atoms with Gasteiger partial charge >= 0.3 is 5.97 Å². The number of morpholine rings is 1. The number of benzene rings is 1. The van der Waals surface area contributed by atoms with Gasteiger partial charge in [-0.3, -0.25) is 9.59 Å². The van der Waals surface area contributed by atoms with E-state index in [0.29, 0.717) is 23.9 Å². The van der Waals surface area contributed by atoms with Gasteiger partial charge in [0.15, 0.2) is 6.10 Å². The zero-order chi connectivity index (χ0) is 16.1. The van der Waals surface area contributed by atoms with E-state index < -0.39 is 18.1 Å². The Labute approximate surface area is 133 Å². The van der Waals surface area contributed by atoms with Crippen molar-refractivity contribution in [3.8, 4) is 5.75 Å². The minimum absolute atomic E-state index is 0.148. The molecule has 0 aliphatic carbocycles. The summed E-state index contributed by atoms with van der Waals surface area (Å²) in [6, 6.07) is 6.42.